The van der Waals surface area contributed by atoms with Gasteiger partial charge in [-0.3, -0.25) is 0 Å². The molecule has 0 aliphatic carbocycles. The third-order valence-electron chi connectivity index (χ3n) is 2.47. The first-order valence-electron chi connectivity index (χ1n) is 6.28. The van der Waals surface area contributed by atoms with Gasteiger partial charge in [0.25, 0.3) is 0 Å². The fourth-order valence-electron chi connectivity index (χ4n) is 1.54. The average molecular weight is 352 g/mol. The Kier molecular flexibility index (Phi) is 6.36. The van der Waals surface area contributed by atoms with Crippen LogP contribution in [0.15, 0.2) is 16.6 Å². The SMILES string of the molecule is COCC(CNC(C)(C)C)Oc1cc(Br)cc(F)c1F. The standard InChI is InChI=1S/C14H20BrF2NO2/c1-14(2,3)18-7-10(8-19-4)20-12-6-9(15)5-11(16)13(12)17/h5-6,10,18H,7-8H2,1-4H3. The highest BCUT2D eigenvalue weighted by Gasteiger charge is 2.19. The Morgan fingerprint density at radius 2 is 1.95 bits per heavy atom. The van der Waals surface area contributed by atoms with Crippen LogP contribution in [0.1, 0.15) is 20.8 Å². The molecule has 1 aromatic rings. The van der Waals surface area contributed by atoms with Gasteiger partial charge in [-0.25, -0.2) is 4.39 Å². The van der Waals surface area contributed by atoms with Gasteiger partial charge in [-0.05, 0) is 32.9 Å². The van der Waals surface area contributed by atoms with E-state index in [9.17, 15) is 8.78 Å². The molecule has 0 aromatic heterocycles. The number of halogens is 3. The minimum absolute atomic E-state index is 0.101. The van der Waals surface area contributed by atoms with Gasteiger partial charge >= 0.3 is 0 Å². The molecule has 1 rings (SSSR count). The van der Waals surface area contributed by atoms with Crippen LogP contribution in [0.2, 0.25) is 0 Å². The third kappa shape index (κ3) is 5.73. The molecule has 0 saturated carbocycles. The van der Waals surface area contributed by atoms with Gasteiger partial charge < -0.3 is 14.8 Å². The van der Waals surface area contributed by atoms with Crippen LogP contribution in [0.25, 0.3) is 0 Å². The summed E-state index contributed by atoms with van der Waals surface area (Å²) in [4.78, 5) is 0. The van der Waals surface area contributed by atoms with Crippen LogP contribution >= 0.6 is 15.9 Å². The van der Waals surface area contributed by atoms with E-state index in [2.05, 4.69) is 21.2 Å². The average Bonchev–Trinajstić information content (AvgIpc) is 2.31. The molecule has 0 spiro atoms. The van der Waals surface area contributed by atoms with Gasteiger partial charge in [0.05, 0.1) is 6.61 Å². The molecular weight excluding hydrogens is 332 g/mol. The Hall–Kier alpha value is -0.720. The van der Waals surface area contributed by atoms with Crippen molar-refractivity contribution in [3.63, 3.8) is 0 Å². The molecule has 0 aliphatic rings. The Bertz CT molecular complexity index is 450. The molecule has 1 N–H and O–H groups in total. The van der Waals surface area contributed by atoms with E-state index in [0.717, 1.165) is 6.07 Å². The van der Waals surface area contributed by atoms with Crippen LogP contribution in [-0.2, 0) is 4.74 Å². The van der Waals surface area contributed by atoms with E-state index >= 15 is 0 Å². The van der Waals surface area contributed by atoms with Gasteiger partial charge in [-0.2, -0.15) is 4.39 Å². The van der Waals surface area contributed by atoms with E-state index in [1.54, 1.807) is 0 Å². The lowest BCUT2D eigenvalue weighted by Crippen LogP contribution is -2.44. The largest absolute Gasteiger partial charge is 0.483 e. The third-order valence-corrected chi connectivity index (χ3v) is 2.92. The minimum Gasteiger partial charge on any atom is -0.483 e. The number of hydrogen-bond acceptors (Lipinski definition) is 3. The number of benzene rings is 1. The first-order valence-corrected chi connectivity index (χ1v) is 7.07. The highest BCUT2D eigenvalue weighted by Crippen LogP contribution is 2.26. The first-order chi connectivity index (χ1) is 9.23. The molecule has 0 heterocycles. The zero-order valence-corrected chi connectivity index (χ0v) is 13.7. The first kappa shape index (κ1) is 17.3. The number of hydrogen-bond donors (Lipinski definition) is 1. The van der Waals surface area contributed by atoms with Gasteiger partial charge in [-0.15, -0.1) is 0 Å². The second-order valence-corrected chi connectivity index (χ2v) is 6.44. The lowest BCUT2D eigenvalue weighted by molar-refractivity contribution is 0.0732. The van der Waals surface area contributed by atoms with Crippen LogP contribution in [-0.4, -0.2) is 31.9 Å². The summed E-state index contributed by atoms with van der Waals surface area (Å²) in [6.07, 6.45) is -0.414. The molecule has 1 unspecified atom stereocenters. The summed E-state index contributed by atoms with van der Waals surface area (Å²) < 4.78 is 38.0. The normalized spacial score (nSPS) is 13.3. The monoisotopic (exact) mass is 351 g/mol. The van der Waals surface area contributed by atoms with Crippen LogP contribution in [0, 0.1) is 11.6 Å². The van der Waals surface area contributed by atoms with Crippen LogP contribution in [0.4, 0.5) is 8.78 Å². The molecule has 1 aromatic carbocycles. The fourth-order valence-corrected chi connectivity index (χ4v) is 1.95. The quantitative estimate of drug-likeness (QED) is 0.795. The smallest absolute Gasteiger partial charge is 0.200 e. The second-order valence-electron chi connectivity index (χ2n) is 5.53. The van der Waals surface area contributed by atoms with E-state index in [0.29, 0.717) is 11.0 Å². The predicted molar refractivity (Wildman–Crippen MR) is 78.1 cm³/mol. The molecule has 0 radical (unpaired) electrons. The van der Waals surface area contributed by atoms with Gasteiger partial charge in [0.15, 0.2) is 11.6 Å². The van der Waals surface area contributed by atoms with Crippen LogP contribution in [0.3, 0.4) is 0 Å². The summed E-state index contributed by atoms with van der Waals surface area (Å²) >= 11 is 3.11. The Balaban J connectivity index is 2.80. The maximum absolute atomic E-state index is 13.7. The number of nitrogens with one attached hydrogen (secondary N) is 1. The molecule has 6 heteroatoms. The van der Waals surface area contributed by atoms with Crippen molar-refractivity contribution in [2.45, 2.75) is 32.4 Å². The Morgan fingerprint density at radius 1 is 1.30 bits per heavy atom. The Labute approximate surface area is 126 Å². The zero-order valence-electron chi connectivity index (χ0n) is 12.1. The van der Waals surface area contributed by atoms with Crippen molar-refractivity contribution in [1.29, 1.82) is 0 Å². The summed E-state index contributed by atoms with van der Waals surface area (Å²) in [5.41, 5.74) is -0.101. The van der Waals surface area contributed by atoms with Crippen molar-refractivity contribution in [2.24, 2.45) is 0 Å². The lowest BCUT2D eigenvalue weighted by atomic mass is 10.1. The maximum atomic E-state index is 13.7. The van der Waals surface area contributed by atoms with E-state index in [4.69, 9.17) is 9.47 Å². The molecule has 0 amide bonds. The summed E-state index contributed by atoms with van der Waals surface area (Å²) in [5.74, 6) is -2.07. The summed E-state index contributed by atoms with van der Waals surface area (Å²) in [5, 5.41) is 3.24. The van der Waals surface area contributed by atoms with Crippen molar-refractivity contribution < 1.29 is 18.3 Å². The van der Waals surface area contributed by atoms with Crippen molar-refractivity contribution in [3.05, 3.63) is 28.2 Å². The number of rotatable bonds is 6. The lowest BCUT2D eigenvalue weighted by Gasteiger charge is -2.25. The molecule has 114 valence electrons. The highest BCUT2D eigenvalue weighted by atomic mass is 79.9. The van der Waals surface area contributed by atoms with E-state index in [1.807, 2.05) is 20.8 Å². The van der Waals surface area contributed by atoms with Crippen molar-refractivity contribution >= 4 is 15.9 Å². The summed E-state index contributed by atoms with van der Waals surface area (Å²) in [6, 6.07) is 2.46. The molecule has 0 saturated heterocycles. The molecule has 3 nitrogen and oxygen atoms in total. The molecular formula is C14H20BrF2NO2. The van der Waals surface area contributed by atoms with E-state index < -0.39 is 17.7 Å². The maximum Gasteiger partial charge on any atom is 0.200 e. The van der Waals surface area contributed by atoms with E-state index in [-0.39, 0.29) is 17.9 Å². The van der Waals surface area contributed by atoms with Crippen molar-refractivity contribution in [2.75, 3.05) is 20.3 Å². The fraction of sp³-hybridized carbons (Fsp3) is 0.571. The highest BCUT2D eigenvalue weighted by molar-refractivity contribution is 9.10. The summed E-state index contributed by atoms with van der Waals surface area (Å²) in [6.45, 7) is 6.77. The van der Waals surface area contributed by atoms with Crippen LogP contribution < -0.4 is 10.1 Å². The van der Waals surface area contributed by atoms with Gasteiger partial charge in [0.1, 0.15) is 6.10 Å². The number of methoxy groups -OCH3 is 1. The molecule has 20 heavy (non-hydrogen) atoms. The predicted octanol–water partition coefficient (Wildman–Crippen LogP) is 3.51. The molecule has 0 bridgehead atoms. The van der Waals surface area contributed by atoms with Gasteiger partial charge in [-0.1, -0.05) is 15.9 Å². The van der Waals surface area contributed by atoms with E-state index in [1.165, 1.54) is 13.2 Å². The number of ether oxygens (including phenoxy) is 2. The second kappa shape index (κ2) is 7.33. The van der Waals surface area contributed by atoms with Gasteiger partial charge in [0, 0.05) is 23.7 Å². The van der Waals surface area contributed by atoms with Crippen molar-refractivity contribution in [3.8, 4) is 5.75 Å². The molecule has 0 aliphatic heterocycles. The summed E-state index contributed by atoms with van der Waals surface area (Å²) in [7, 11) is 1.53. The minimum atomic E-state index is -0.995. The topological polar surface area (TPSA) is 30.5 Å². The van der Waals surface area contributed by atoms with Crippen molar-refractivity contribution in [1.82, 2.24) is 5.32 Å². The Morgan fingerprint density at radius 3 is 2.50 bits per heavy atom. The van der Waals surface area contributed by atoms with Gasteiger partial charge in [0.2, 0.25) is 5.82 Å². The molecule has 0 fully saturated rings. The zero-order chi connectivity index (χ0) is 15.3. The molecule has 1 atom stereocenters. The van der Waals surface area contributed by atoms with Crippen LogP contribution in [0.5, 0.6) is 5.75 Å².